The summed E-state index contributed by atoms with van der Waals surface area (Å²) in [6.07, 6.45) is 14.8. The van der Waals surface area contributed by atoms with Crippen molar-refractivity contribution >= 4 is 0 Å². The fraction of sp³-hybridized carbons (Fsp3) is 1.00. The van der Waals surface area contributed by atoms with Gasteiger partial charge in [-0.1, -0.05) is 33.1 Å². The Labute approximate surface area is 119 Å². The highest BCUT2D eigenvalue weighted by molar-refractivity contribution is 5.09. The normalized spacial score (nSPS) is 45.6. The number of nitrogens with one attached hydrogen (secondary N) is 1. The molecule has 110 valence electrons. The van der Waals surface area contributed by atoms with E-state index < -0.39 is 0 Å². The first-order valence-corrected chi connectivity index (χ1v) is 8.76. The summed E-state index contributed by atoms with van der Waals surface area (Å²) in [7, 11) is 2.22. The van der Waals surface area contributed by atoms with Crippen LogP contribution in [0.25, 0.3) is 0 Å². The molecule has 0 aliphatic heterocycles. The molecule has 0 aromatic rings. The molecule has 0 amide bonds. The van der Waals surface area contributed by atoms with Crippen molar-refractivity contribution < 1.29 is 0 Å². The van der Waals surface area contributed by atoms with Gasteiger partial charge in [-0.2, -0.15) is 0 Å². The van der Waals surface area contributed by atoms with Gasteiger partial charge in [0.05, 0.1) is 0 Å². The van der Waals surface area contributed by atoms with Crippen molar-refractivity contribution in [3.8, 4) is 0 Å². The second-order valence-electron chi connectivity index (χ2n) is 8.47. The van der Waals surface area contributed by atoms with Crippen molar-refractivity contribution in [3.63, 3.8) is 0 Å². The molecule has 3 atom stereocenters. The van der Waals surface area contributed by atoms with Gasteiger partial charge in [0.1, 0.15) is 0 Å². The average molecular weight is 263 g/mol. The molecule has 4 rings (SSSR count). The minimum absolute atomic E-state index is 0.668. The van der Waals surface area contributed by atoms with Crippen LogP contribution in [0.15, 0.2) is 0 Å². The van der Waals surface area contributed by atoms with Gasteiger partial charge in [-0.05, 0) is 74.7 Å². The Morgan fingerprint density at radius 3 is 2.32 bits per heavy atom. The molecule has 19 heavy (non-hydrogen) atoms. The predicted molar refractivity (Wildman–Crippen MR) is 82.2 cm³/mol. The quantitative estimate of drug-likeness (QED) is 0.681. The van der Waals surface area contributed by atoms with E-state index in [0.717, 1.165) is 17.9 Å². The third-order valence-electron chi connectivity index (χ3n) is 6.58. The molecule has 0 spiro atoms. The molecule has 3 unspecified atom stereocenters. The lowest BCUT2D eigenvalue weighted by atomic mass is 9.43. The van der Waals surface area contributed by atoms with Crippen molar-refractivity contribution in [2.45, 2.75) is 84.1 Å². The standard InChI is InChI=1S/C18H33N/c1-4-5-6-7-16(19-3)18-11-14-8-15(12-18)10-17(2,9-14)13-18/h14-16,19H,4-13H2,1-3H3. The highest BCUT2D eigenvalue weighted by Gasteiger charge is 2.57. The lowest BCUT2D eigenvalue weighted by molar-refractivity contribution is -0.118. The Balaban J connectivity index is 1.74. The molecule has 4 saturated carbocycles. The molecule has 1 heteroatoms. The maximum atomic E-state index is 3.74. The first-order chi connectivity index (χ1) is 9.09. The smallest absolute Gasteiger partial charge is 0.0121 e. The molecule has 4 bridgehead atoms. The summed E-state index contributed by atoms with van der Waals surface area (Å²) < 4.78 is 0. The molecule has 1 N–H and O–H groups in total. The highest BCUT2D eigenvalue weighted by Crippen LogP contribution is 2.66. The van der Waals surface area contributed by atoms with Crippen LogP contribution in [0.4, 0.5) is 0 Å². The van der Waals surface area contributed by atoms with Gasteiger partial charge in [-0.25, -0.2) is 0 Å². The van der Waals surface area contributed by atoms with Gasteiger partial charge < -0.3 is 5.32 Å². The third kappa shape index (κ3) is 2.48. The molecule has 0 saturated heterocycles. The van der Waals surface area contributed by atoms with E-state index in [4.69, 9.17) is 0 Å². The first-order valence-electron chi connectivity index (χ1n) is 8.76. The van der Waals surface area contributed by atoms with Crippen LogP contribution in [0, 0.1) is 22.7 Å². The van der Waals surface area contributed by atoms with Crippen LogP contribution in [-0.4, -0.2) is 13.1 Å². The van der Waals surface area contributed by atoms with Crippen LogP contribution in [0.2, 0.25) is 0 Å². The highest BCUT2D eigenvalue weighted by atomic mass is 14.9. The molecule has 1 nitrogen and oxygen atoms in total. The Kier molecular flexibility index (Phi) is 3.71. The summed E-state index contributed by atoms with van der Waals surface area (Å²) in [5.74, 6) is 2.13. The summed E-state index contributed by atoms with van der Waals surface area (Å²) in [5.41, 5.74) is 1.37. The maximum Gasteiger partial charge on any atom is 0.0121 e. The van der Waals surface area contributed by atoms with Crippen molar-refractivity contribution in [1.29, 1.82) is 0 Å². The lowest BCUT2D eigenvalue weighted by Crippen LogP contribution is -2.58. The van der Waals surface area contributed by atoms with Crippen LogP contribution < -0.4 is 5.32 Å². The molecule has 0 aromatic heterocycles. The topological polar surface area (TPSA) is 12.0 Å². The molecule has 4 fully saturated rings. The van der Waals surface area contributed by atoms with Gasteiger partial charge >= 0.3 is 0 Å². The van der Waals surface area contributed by atoms with Gasteiger partial charge in [-0.15, -0.1) is 0 Å². The predicted octanol–water partition coefficient (Wildman–Crippen LogP) is 4.76. The van der Waals surface area contributed by atoms with Crippen molar-refractivity contribution in [2.24, 2.45) is 22.7 Å². The van der Waals surface area contributed by atoms with Crippen molar-refractivity contribution in [3.05, 3.63) is 0 Å². The van der Waals surface area contributed by atoms with E-state index in [1.807, 2.05) is 0 Å². The zero-order valence-corrected chi connectivity index (χ0v) is 13.3. The Bertz CT molecular complexity index is 308. The minimum atomic E-state index is 0.668. The SMILES string of the molecule is CCCCCC(NC)C12CC3CC(CC(C)(C3)C1)C2. The van der Waals surface area contributed by atoms with E-state index in [9.17, 15) is 0 Å². The van der Waals surface area contributed by atoms with Gasteiger partial charge in [0.15, 0.2) is 0 Å². The molecule has 0 radical (unpaired) electrons. The molecule has 0 heterocycles. The molecule has 4 aliphatic carbocycles. The summed E-state index contributed by atoms with van der Waals surface area (Å²) in [4.78, 5) is 0. The maximum absolute atomic E-state index is 3.74. The number of unbranched alkanes of at least 4 members (excludes halogenated alkanes) is 2. The minimum Gasteiger partial charge on any atom is -0.316 e. The second kappa shape index (κ2) is 5.06. The summed E-state index contributed by atoms with van der Waals surface area (Å²) in [5, 5.41) is 3.74. The van der Waals surface area contributed by atoms with Crippen LogP contribution in [0.3, 0.4) is 0 Å². The molecular formula is C18H33N. The van der Waals surface area contributed by atoms with Crippen LogP contribution >= 0.6 is 0 Å². The third-order valence-corrected chi connectivity index (χ3v) is 6.58. The van der Waals surface area contributed by atoms with Crippen molar-refractivity contribution in [2.75, 3.05) is 7.05 Å². The van der Waals surface area contributed by atoms with Crippen LogP contribution in [0.5, 0.6) is 0 Å². The fourth-order valence-corrected chi connectivity index (χ4v) is 6.56. The Morgan fingerprint density at radius 2 is 1.79 bits per heavy atom. The van der Waals surface area contributed by atoms with E-state index in [-0.39, 0.29) is 0 Å². The van der Waals surface area contributed by atoms with Gasteiger partial charge in [0, 0.05) is 6.04 Å². The second-order valence-corrected chi connectivity index (χ2v) is 8.47. The van der Waals surface area contributed by atoms with Crippen LogP contribution in [0.1, 0.15) is 78.1 Å². The zero-order valence-electron chi connectivity index (χ0n) is 13.3. The Morgan fingerprint density at radius 1 is 1.11 bits per heavy atom. The average Bonchev–Trinajstić information content (AvgIpc) is 2.31. The van der Waals surface area contributed by atoms with E-state index in [1.54, 1.807) is 6.42 Å². The summed E-state index contributed by atoms with van der Waals surface area (Å²) in [6, 6.07) is 0.796. The van der Waals surface area contributed by atoms with Gasteiger partial charge in [-0.3, -0.25) is 0 Å². The van der Waals surface area contributed by atoms with E-state index >= 15 is 0 Å². The van der Waals surface area contributed by atoms with E-state index in [0.29, 0.717) is 10.8 Å². The molecular weight excluding hydrogens is 230 g/mol. The number of rotatable bonds is 6. The monoisotopic (exact) mass is 263 g/mol. The lowest BCUT2D eigenvalue weighted by Gasteiger charge is -2.63. The number of hydrogen-bond donors (Lipinski definition) is 1. The Hall–Kier alpha value is -0.0400. The zero-order chi connectivity index (χ0) is 13.5. The molecule has 0 aromatic carbocycles. The summed E-state index contributed by atoms with van der Waals surface area (Å²) in [6.45, 7) is 4.91. The molecule has 4 aliphatic rings. The number of hydrogen-bond acceptors (Lipinski definition) is 1. The van der Waals surface area contributed by atoms with Gasteiger partial charge in [0.2, 0.25) is 0 Å². The fourth-order valence-electron chi connectivity index (χ4n) is 6.56. The van der Waals surface area contributed by atoms with Gasteiger partial charge in [0.25, 0.3) is 0 Å². The van der Waals surface area contributed by atoms with E-state index in [2.05, 4.69) is 26.2 Å². The van der Waals surface area contributed by atoms with Crippen molar-refractivity contribution in [1.82, 2.24) is 5.32 Å². The largest absolute Gasteiger partial charge is 0.316 e. The van der Waals surface area contributed by atoms with Crippen LogP contribution in [-0.2, 0) is 0 Å². The van der Waals surface area contributed by atoms with E-state index in [1.165, 1.54) is 57.8 Å². The summed E-state index contributed by atoms with van der Waals surface area (Å²) >= 11 is 0. The first kappa shape index (κ1) is 13.9.